The summed E-state index contributed by atoms with van der Waals surface area (Å²) in [6, 6.07) is 0.110. The molecule has 1 atom stereocenters. The quantitative estimate of drug-likeness (QED) is 0.560. The van der Waals surface area contributed by atoms with Gasteiger partial charge in [0, 0.05) is 18.9 Å². The Morgan fingerprint density at radius 2 is 2.50 bits per heavy atom. The molecule has 1 heterocycles. The zero-order valence-corrected chi connectivity index (χ0v) is 5.80. The maximum Gasteiger partial charge on any atom is 0.220 e. The molecule has 0 aliphatic carbocycles. The van der Waals surface area contributed by atoms with Crippen LogP contribution in [0.15, 0.2) is 0 Å². The van der Waals surface area contributed by atoms with E-state index in [0.29, 0.717) is 12.8 Å². The van der Waals surface area contributed by atoms with Gasteiger partial charge in [0.25, 0.3) is 0 Å². The van der Waals surface area contributed by atoms with Crippen molar-refractivity contribution in [3.05, 3.63) is 0 Å². The molecule has 10 heavy (non-hydrogen) atoms. The molecular formula is C7H11NO2. The molecule has 3 heteroatoms. The number of hydrogen-bond donors (Lipinski definition) is 1. The Labute approximate surface area is 59.8 Å². The monoisotopic (exact) mass is 141 g/mol. The molecule has 0 aromatic heterocycles. The van der Waals surface area contributed by atoms with Crippen molar-refractivity contribution in [2.24, 2.45) is 0 Å². The van der Waals surface area contributed by atoms with Gasteiger partial charge in [0.05, 0.1) is 0 Å². The molecule has 3 nitrogen and oxygen atoms in total. The first kappa shape index (κ1) is 7.25. The molecule has 56 valence electrons. The second-order valence-corrected chi connectivity index (χ2v) is 2.56. The fourth-order valence-corrected chi connectivity index (χ4v) is 1.17. The summed E-state index contributed by atoms with van der Waals surface area (Å²) in [5.41, 5.74) is 0. The van der Waals surface area contributed by atoms with E-state index >= 15 is 0 Å². The summed E-state index contributed by atoms with van der Waals surface area (Å²) in [4.78, 5) is 20.7. The molecule has 1 amide bonds. The molecule has 0 aromatic carbocycles. The van der Waals surface area contributed by atoms with Crippen molar-refractivity contribution in [2.75, 3.05) is 0 Å². The van der Waals surface area contributed by atoms with Crippen LogP contribution in [0.25, 0.3) is 0 Å². The van der Waals surface area contributed by atoms with E-state index in [2.05, 4.69) is 5.32 Å². The highest BCUT2D eigenvalue weighted by molar-refractivity contribution is 5.77. The highest BCUT2D eigenvalue weighted by Gasteiger charge is 2.16. The summed E-state index contributed by atoms with van der Waals surface area (Å²) >= 11 is 0. The lowest BCUT2D eigenvalue weighted by Gasteiger charge is -2.20. The summed E-state index contributed by atoms with van der Waals surface area (Å²) in [6.45, 7) is 0. The first-order valence-corrected chi connectivity index (χ1v) is 3.56. The highest BCUT2D eigenvalue weighted by atomic mass is 16.1. The third-order valence-corrected chi connectivity index (χ3v) is 1.70. The minimum Gasteiger partial charge on any atom is -0.353 e. The van der Waals surface area contributed by atoms with Gasteiger partial charge in [0.15, 0.2) is 0 Å². The van der Waals surface area contributed by atoms with Gasteiger partial charge < -0.3 is 10.1 Å². The van der Waals surface area contributed by atoms with E-state index in [9.17, 15) is 9.59 Å². The van der Waals surface area contributed by atoms with Crippen LogP contribution in [0.4, 0.5) is 0 Å². The van der Waals surface area contributed by atoms with Crippen molar-refractivity contribution in [3.63, 3.8) is 0 Å². The summed E-state index contributed by atoms with van der Waals surface area (Å²) in [5.74, 6) is 0.0816. The molecule has 0 spiro atoms. The smallest absolute Gasteiger partial charge is 0.220 e. The van der Waals surface area contributed by atoms with Crippen LogP contribution in [0.1, 0.15) is 25.7 Å². The molecule has 0 unspecified atom stereocenters. The molecule has 1 N–H and O–H groups in total. The normalized spacial score (nSPS) is 25.6. The van der Waals surface area contributed by atoms with Crippen LogP contribution in [-0.2, 0) is 9.59 Å². The van der Waals surface area contributed by atoms with Gasteiger partial charge in [0.2, 0.25) is 5.91 Å². The summed E-state index contributed by atoms with van der Waals surface area (Å²) in [5, 5.41) is 2.75. The number of carbonyl (C=O) groups is 2. The average molecular weight is 141 g/mol. The fourth-order valence-electron chi connectivity index (χ4n) is 1.17. The molecular weight excluding hydrogens is 130 g/mol. The zero-order valence-electron chi connectivity index (χ0n) is 5.80. The van der Waals surface area contributed by atoms with Gasteiger partial charge in [-0.15, -0.1) is 0 Å². The number of hydrogen-bond acceptors (Lipinski definition) is 2. The Hall–Kier alpha value is -0.860. The highest BCUT2D eigenvalue weighted by Crippen LogP contribution is 2.09. The molecule has 0 aromatic rings. The second-order valence-electron chi connectivity index (χ2n) is 2.56. The molecule has 1 rings (SSSR count). The Kier molecular flexibility index (Phi) is 2.42. The molecule has 1 aliphatic heterocycles. The SMILES string of the molecule is O=CC[C@H]1CCCC(=O)N1. The fraction of sp³-hybridized carbons (Fsp3) is 0.714. The van der Waals surface area contributed by atoms with Crippen molar-refractivity contribution in [1.29, 1.82) is 0 Å². The maximum absolute atomic E-state index is 10.7. The van der Waals surface area contributed by atoms with Crippen LogP contribution in [0.2, 0.25) is 0 Å². The van der Waals surface area contributed by atoms with Crippen LogP contribution < -0.4 is 5.32 Å². The lowest BCUT2D eigenvalue weighted by Crippen LogP contribution is -2.38. The van der Waals surface area contributed by atoms with Crippen molar-refractivity contribution in [2.45, 2.75) is 31.7 Å². The molecule has 1 aliphatic rings. The maximum atomic E-state index is 10.7. The Bertz CT molecular complexity index is 145. The largest absolute Gasteiger partial charge is 0.353 e. The third kappa shape index (κ3) is 1.83. The topological polar surface area (TPSA) is 46.2 Å². The number of carbonyl (C=O) groups excluding carboxylic acids is 2. The van der Waals surface area contributed by atoms with Gasteiger partial charge in [-0.3, -0.25) is 4.79 Å². The minimum absolute atomic E-state index is 0.0816. The molecule has 0 saturated carbocycles. The lowest BCUT2D eigenvalue weighted by atomic mass is 10.0. The summed E-state index contributed by atoms with van der Waals surface area (Å²) in [6.07, 6.45) is 3.81. The Morgan fingerprint density at radius 3 is 3.10 bits per heavy atom. The van der Waals surface area contributed by atoms with Gasteiger partial charge in [-0.25, -0.2) is 0 Å². The van der Waals surface area contributed by atoms with Gasteiger partial charge >= 0.3 is 0 Å². The number of amides is 1. The van der Waals surface area contributed by atoms with Crippen LogP contribution in [-0.4, -0.2) is 18.2 Å². The molecule has 0 radical (unpaired) electrons. The van der Waals surface area contributed by atoms with Gasteiger partial charge in [-0.1, -0.05) is 0 Å². The van der Waals surface area contributed by atoms with Gasteiger partial charge in [-0.05, 0) is 12.8 Å². The minimum atomic E-state index is 0.0816. The predicted octanol–water partition coefficient (Wildman–Crippen LogP) is 0.244. The van der Waals surface area contributed by atoms with Crippen molar-refractivity contribution in [3.8, 4) is 0 Å². The van der Waals surface area contributed by atoms with Crippen LogP contribution in [0, 0.1) is 0 Å². The van der Waals surface area contributed by atoms with Crippen molar-refractivity contribution >= 4 is 12.2 Å². The van der Waals surface area contributed by atoms with E-state index in [4.69, 9.17) is 0 Å². The zero-order chi connectivity index (χ0) is 7.40. The first-order valence-electron chi connectivity index (χ1n) is 3.56. The summed E-state index contributed by atoms with van der Waals surface area (Å²) < 4.78 is 0. The van der Waals surface area contributed by atoms with Crippen LogP contribution >= 0.6 is 0 Å². The van der Waals surface area contributed by atoms with Gasteiger partial charge in [0.1, 0.15) is 6.29 Å². The van der Waals surface area contributed by atoms with E-state index < -0.39 is 0 Å². The van der Waals surface area contributed by atoms with Crippen molar-refractivity contribution in [1.82, 2.24) is 5.32 Å². The first-order chi connectivity index (χ1) is 4.83. The van der Waals surface area contributed by atoms with E-state index in [1.165, 1.54) is 0 Å². The van der Waals surface area contributed by atoms with Crippen LogP contribution in [0.3, 0.4) is 0 Å². The van der Waals surface area contributed by atoms with E-state index in [0.717, 1.165) is 19.1 Å². The van der Waals surface area contributed by atoms with Gasteiger partial charge in [-0.2, -0.15) is 0 Å². The van der Waals surface area contributed by atoms with E-state index in [1.807, 2.05) is 0 Å². The second kappa shape index (κ2) is 3.34. The summed E-state index contributed by atoms with van der Waals surface area (Å²) in [7, 11) is 0. The average Bonchev–Trinajstić information content (AvgIpc) is 1.88. The third-order valence-electron chi connectivity index (χ3n) is 1.70. The Balaban J connectivity index is 2.31. The standard InChI is InChI=1S/C7H11NO2/c9-5-4-6-2-1-3-7(10)8-6/h5-6H,1-4H2,(H,8,10)/t6-/m1/s1. The van der Waals surface area contributed by atoms with E-state index in [-0.39, 0.29) is 11.9 Å². The van der Waals surface area contributed by atoms with E-state index in [1.54, 1.807) is 0 Å². The number of aldehydes is 1. The molecule has 0 bridgehead atoms. The Morgan fingerprint density at radius 1 is 1.70 bits per heavy atom. The predicted molar refractivity (Wildman–Crippen MR) is 36.5 cm³/mol. The molecule has 1 saturated heterocycles. The number of piperidine rings is 1. The lowest BCUT2D eigenvalue weighted by molar-refractivity contribution is -0.123. The van der Waals surface area contributed by atoms with Crippen molar-refractivity contribution < 1.29 is 9.59 Å². The van der Waals surface area contributed by atoms with Crippen LogP contribution in [0.5, 0.6) is 0 Å². The molecule has 1 fully saturated rings. The number of nitrogens with one attached hydrogen (secondary N) is 1. The number of rotatable bonds is 2.